The molecule has 0 heterocycles. The van der Waals surface area contributed by atoms with Crippen LogP contribution in [0, 0.1) is 5.41 Å². The van der Waals surface area contributed by atoms with Crippen LogP contribution in [0.1, 0.15) is 12.0 Å². The van der Waals surface area contributed by atoms with Crippen molar-refractivity contribution in [3.8, 4) is 5.75 Å². The Labute approximate surface area is 121 Å². The van der Waals surface area contributed by atoms with Crippen LogP contribution in [0.3, 0.4) is 0 Å². The summed E-state index contributed by atoms with van der Waals surface area (Å²) in [5.74, 6) is 0.609. The number of nitrogens with two attached hydrogens (primary N) is 1. The summed E-state index contributed by atoms with van der Waals surface area (Å²) in [4.78, 5) is 0. The van der Waals surface area contributed by atoms with Crippen LogP contribution in [0.2, 0.25) is 0 Å². The van der Waals surface area contributed by atoms with Gasteiger partial charge in [0.15, 0.2) is 0 Å². The molecule has 0 unspecified atom stereocenters. The molecule has 3 N–H and O–H groups in total. The van der Waals surface area contributed by atoms with Crippen molar-refractivity contribution in [1.82, 2.24) is 0 Å². The van der Waals surface area contributed by atoms with Gasteiger partial charge in [0, 0.05) is 24.6 Å². The van der Waals surface area contributed by atoms with Crippen molar-refractivity contribution in [2.45, 2.75) is 6.42 Å². The fourth-order valence-electron chi connectivity index (χ4n) is 1.43. The monoisotopic (exact) mass is 330 g/mol. The van der Waals surface area contributed by atoms with Gasteiger partial charge in [0.25, 0.3) is 0 Å². The van der Waals surface area contributed by atoms with Crippen molar-refractivity contribution in [1.29, 1.82) is 5.41 Å². The Morgan fingerprint density at radius 2 is 2.05 bits per heavy atom. The Balaban J connectivity index is 2.36. The molecule has 0 atom stereocenters. The molecular weight excluding hydrogens is 312 g/mol. The summed E-state index contributed by atoms with van der Waals surface area (Å²) >= 11 is 3.37. The van der Waals surface area contributed by atoms with Crippen LogP contribution < -0.4 is 10.5 Å². The van der Waals surface area contributed by atoms with Gasteiger partial charge < -0.3 is 19.9 Å². The maximum atomic E-state index is 7.48. The van der Waals surface area contributed by atoms with Gasteiger partial charge in [-0.3, -0.25) is 5.41 Å². The second kappa shape index (κ2) is 8.90. The number of methoxy groups -OCH3 is 1. The zero-order valence-electron chi connectivity index (χ0n) is 10.9. The third-order valence-electron chi connectivity index (χ3n) is 2.36. The van der Waals surface area contributed by atoms with Gasteiger partial charge in [-0.2, -0.15) is 0 Å². The third kappa shape index (κ3) is 6.04. The number of halogens is 1. The fraction of sp³-hybridized carbons (Fsp3) is 0.462. The summed E-state index contributed by atoms with van der Waals surface area (Å²) in [6, 6.07) is 5.40. The molecule has 5 nitrogen and oxygen atoms in total. The van der Waals surface area contributed by atoms with Crippen LogP contribution in [-0.4, -0.2) is 39.4 Å². The molecule has 0 saturated heterocycles. The van der Waals surface area contributed by atoms with Crippen molar-refractivity contribution < 1.29 is 14.2 Å². The van der Waals surface area contributed by atoms with Gasteiger partial charge in [-0.15, -0.1) is 0 Å². The second-order valence-corrected chi connectivity index (χ2v) is 4.78. The number of nitrogen functional groups attached to an aromatic ring is 1. The number of rotatable bonds is 9. The number of nitrogens with one attached hydrogen (secondary N) is 1. The van der Waals surface area contributed by atoms with Crippen LogP contribution in [0.25, 0.3) is 0 Å². The second-order valence-electron chi connectivity index (χ2n) is 3.86. The lowest BCUT2D eigenvalue weighted by atomic mass is 10.2. The molecule has 19 heavy (non-hydrogen) atoms. The molecular formula is C13H19BrN2O3. The molecule has 0 aliphatic heterocycles. The Bertz CT molecular complexity index is 413. The molecule has 1 aromatic rings. The summed E-state index contributed by atoms with van der Waals surface area (Å²) in [5, 5.41) is 7.48. The number of benzene rings is 1. The highest BCUT2D eigenvalue weighted by Gasteiger charge is 2.07. The lowest BCUT2D eigenvalue weighted by molar-refractivity contribution is 0.0644. The van der Waals surface area contributed by atoms with Gasteiger partial charge in [0.05, 0.1) is 25.4 Å². The average molecular weight is 331 g/mol. The van der Waals surface area contributed by atoms with Gasteiger partial charge in [0.1, 0.15) is 11.6 Å². The van der Waals surface area contributed by atoms with Gasteiger partial charge in [-0.05, 0) is 18.2 Å². The first-order valence-corrected chi connectivity index (χ1v) is 6.78. The molecule has 1 aromatic carbocycles. The van der Waals surface area contributed by atoms with E-state index in [1.807, 2.05) is 12.1 Å². The average Bonchev–Trinajstić information content (AvgIpc) is 2.37. The zero-order chi connectivity index (χ0) is 14.1. The van der Waals surface area contributed by atoms with Crippen molar-refractivity contribution in [2.75, 3.05) is 33.5 Å². The predicted octanol–water partition coefficient (Wildman–Crippen LogP) is 2.17. The van der Waals surface area contributed by atoms with E-state index >= 15 is 0 Å². The normalized spacial score (nSPS) is 10.4. The number of ether oxygens (including phenoxy) is 3. The van der Waals surface area contributed by atoms with E-state index in [4.69, 9.17) is 25.4 Å². The summed E-state index contributed by atoms with van der Waals surface area (Å²) in [6.07, 6.45) is 0.771. The van der Waals surface area contributed by atoms with Gasteiger partial charge in [0.2, 0.25) is 0 Å². The van der Waals surface area contributed by atoms with Crippen molar-refractivity contribution in [2.24, 2.45) is 5.73 Å². The van der Waals surface area contributed by atoms with Crippen molar-refractivity contribution in [3.63, 3.8) is 0 Å². The first-order chi connectivity index (χ1) is 9.15. The Morgan fingerprint density at radius 1 is 1.26 bits per heavy atom. The minimum Gasteiger partial charge on any atom is -0.493 e. The maximum absolute atomic E-state index is 7.48. The SMILES string of the molecule is COCCOCCCOc1cc(Br)ccc1C(=N)N. The Morgan fingerprint density at radius 3 is 2.74 bits per heavy atom. The van der Waals surface area contributed by atoms with Crippen LogP contribution >= 0.6 is 15.9 Å². The lowest BCUT2D eigenvalue weighted by Crippen LogP contribution is -2.14. The maximum Gasteiger partial charge on any atom is 0.131 e. The molecule has 0 aliphatic carbocycles. The largest absolute Gasteiger partial charge is 0.493 e. The van der Waals surface area contributed by atoms with Crippen LogP contribution in [0.5, 0.6) is 5.75 Å². The lowest BCUT2D eigenvalue weighted by Gasteiger charge is -2.11. The first-order valence-electron chi connectivity index (χ1n) is 5.98. The number of hydrogen-bond donors (Lipinski definition) is 2. The summed E-state index contributed by atoms with van der Waals surface area (Å²) in [5.41, 5.74) is 6.10. The topological polar surface area (TPSA) is 77.6 Å². The van der Waals surface area contributed by atoms with Crippen molar-refractivity contribution in [3.05, 3.63) is 28.2 Å². The molecule has 0 aliphatic rings. The molecule has 6 heteroatoms. The van der Waals surface area contributed by atoms with E-state index in [0.717, 1.165) is 10.9 Å². The Kier molecular flexibility index (Phi) is 7.47. The predicted molar refractivity (Wildman–Crippen MR) is 78.0 cm³/mol. The molecule has 0 bridgehead atoms. The molecule has 0 saturated carbocycles. The van der Waals surface area contributed by atoms with Crippen LogP contribution in [-0.2, 0) is 9.47 Å². The third-order valence-corrected chi connectivity index (χ3v) is 2.85. The number of amidine groups is 1. The Hall–Kier alpha value is -1.11. The molecule has 1 rings (SSSR count). The summed E-state index contributed by atoms with van der Waals surface area (Å²) in [7, 11) is 1.64. The van der Waals surface area contributed by atoms with Crippen molar-refractivity contribution >= 4 is 21.8 Å². The van der Waals surface area contributed by atoms with Gasteiger partial charge in [-0.25, -0.2) is 0 Å². The van der Waals surface area contributed by atoms with E-state index in [1.165, 1.54) is 0 Å². The molecule has 0 aromatic heterocycles. The molecule has 106 valence electrons. The molecule has 0 spiro atoms. The number of hydrogen-bond acceptors (Lipinski definition) is 4. The quantitative estimate of drug-likeness (QED) is 0.413. The standard InChI is InChI=1S/C13H19BrN2O3/c1-17-7-8-18-5-2-6-19-12-9-10(14)3-4-11(12)13(15)16/h3-4,9H,2,5-8H2,1H3,(H3,15,16). The summed E-state index contributed by atoms with van der Waals surface area (Å²) < 4.78 is 16.7. The highest BCUT2D eigenvalue weighted by Crippen LogP contribution is 2.23. The van der Waals surface area contributed by atoms with E-state index in [1.54, 1.807) is 13.2 Å². The van der Waals surface area contributed by atoms with Gasteiger partial charge >= 0.3 is 0 Å². The highest BCUT2D eigenvalue weighted by molar-refractivity contribution is 9.10. The van der Waals surface area contributed by atoms with E-state index in [2.05, 4.69) is 15.9 Å². The molecule has 0 fully saturated rings. The minimum atomic E-state index is -0.00107. The minimum absolute atomic E-state index is 0.00107. The molecule has 0 amide bonds. The first kappa shape index (κ1) is 15.9. The van der Waals surface area contributed by atoms with Gasteiger partial charge in [-0.1, -0.05) is 15.9 Å². The van der Waals surface area contributed by atoms with Crippen LogP contribution in [0.4, 0.5) is 0 Å². The highest BCUT2D eigenvalue weighted by atomic mass is 79.9. The van der Waals surface area contributed by atoms with E-state index < -0.39 is 0 Å². The fourth-order valence-corrected chi connectivity index (χ4v) is 1.77. The van der Waals surface area contributed by atoms with Crippen LogP contribution in [0.15, 0.2) is 22.7 Å². The smallest absolute Gasteiger partial charge is 0.131 e. The van der Waals surface area contributed by atoms with E-state index in [-0.39, 0.29) is 5.84 Å². The zero-order valence-corrected chi connectivity index (χ0v) is 12.5. The molecule has 0 radical (unpaired) electrons. The summed E-state index contributed by atoms with van der Waals surface area (Å²) in [6.45, 7) is 2.32. The van der Waals surface area contributed by atoms with E-state index in [9.17, 15) is 0 Å². The van der Waals surface area contributed by atoms with E-state index in [0.29, 0.717) is 37.7 Å².